The number of aliphatic hydroxyl groups is 2. The van der Waals surface area contributed by atoms with Crippen molar-refractivity contribution in [2.75, 3.05) is 12.9 Å². The highest BCUT2D eigenvalue weighted by Gasteiger charge is 2.65. The van der Waals surface area contributed by atoms with Crippen molar-refractivity contribution in [3.05, 3.63) is 58.7 Å². The summed E-state index contributed by atoms with van der Waals surface area (Å²) < 4.78 is 15.9. The molecule has 0 radical (unpaired) electrons. The molecule has 1 saturated heterocycles. The van der Waals surface area contributed by atoms with Crippen LogP contribution in [0.25, 0.3) is 43.6 Å². The number of esters is 1. The van der Waals surface area contributed by atoms with Crippen molar-refractivity contribution in [2.45, 2.75) is 56.7 Å². The lowest BCUT2D eigenvalue weighted by atomic mass is 9.88. The Morgan fingerprint density at radius 2 is 1.88 bits per heavy atom. The van der Waals surface area contributed by atoms with Crippen molar-refractivity contribution in [1.29, 1.82) is 0 Å². The maximum absolute atomic E-state index is 13.5. The van der Waals surface area contributed by atoms with Crippen LogP contribution in [0.3, 0.4) is 0 Å². The van der Waals surface area contributed by atoms with Gasteiger partial charge in [0.05, 0.1) is 41.3 Å². The first-order chi connectivity index (χ1) is 19.8. The number of benzene rings is 3. The predicted octanol–water partition coefficient (Wildman–Crippen LogP) is 4.40. The number of carbonyl (C=O) groups is 2. The number of hydrogen-bond donors (Lipinski definition) is 3. The summed E-state index contributed by atoms with van der Waals surface area (Å²) >= 11 is 1.83. The standard InChI is InChI=1S/C31H29N3O6S/c1-4-41-14-16-6-8-21-18(10-16)23-19-12-32-28(36)25(19)24-17-9-15(13-35)5-7-20(17)33-22-11-31(38,29(37)39-3)30(2,40-22)34(21)27(23)26(24)33/h5-10,22,35,38H,4,11-14H2,1-3H3,(H,32,36). The third-order valence-electron chi connectivity index (χ3n) is 9.33. The van der Waals surface area contributed by atoms with Crippen LogP contribution in [0.2, 0.25) is 0 Å². The van der Waals surface area contributed by atoms with Gasteiger partial charge in [0.25, 0.3) is 5.91 Å². The smallest absolute Gasteiger partial charge is 0.343 e. The first-order valence-electron chi connectivity index (χ1n) is 13.8. The summed E-state index contributed by atoms with van der Waals surface area (Å²) in [5.41, 5.74) is 3.13. The van der Waals surface area contributed by atoms with Gasteiger partial charge in [-0.2, -0.15) is 11.8 Å². The molecule has 3 unspecified atom stereocenters. The summed E-state index contributed by atoms with van der Waals surface area (Å²) in [7, 11) is 1.28. The molecular weight excluding hydrogens is 542 g/mol. The van der Waals surface area contributed by atoms with Gasteiger partial charge in [0.1, 0.15) is 6.23 Å². The van der Waals surface area contributed by atoms with E-state index >= 15 is 0 Å². The van der Waals surface area contributed by atoms with Crippen LogP contribution in [0.5, 0.6) is 0 Å². The van der Waals surface area contributed by atoms with Gasteiger partial charge in [0.15, 0.2) is 5.72 Å². The number of thioether (sulfide) groups is 1. The van der Waals surface area contributed by atoms with E-state index in [1.54, 1.807) is 6.92 Å². The molecule has 2 aromatic heterocycles. The van der Waals surface area contributed by atoms with E-state index in [2.05, 4.69) is 24.4 Å². The molecule has 210 valence electrons. The molecule has 3 N–H and O–H groups in total. The van der Waals surface area contributed by atoms with Gasteiger partial charge in [-0.25, -0.2) is 4.79 Å². The molecule has 3 atom stereocenters. The van der Waals surface area contributed by atoms with Crippen molar-refractivity contribution in [3.8, 4) is 0 Å². The fourth-order valence-corrected chi connectivity index (χ4v) is 8.11. The van der Waals surface area contributed by atoms with E-state index in [1.807, 2.05) is 45.2 Å². The van der Waals surface area contributed by atoms with Crippen molar-refractivity contribution in [2.24, 2.45) is 0 Å². The van der Waals surface area contributed by atoms with Gasteiger partial charge in [-0.15, -0.1) is 0 Å². The second kappa shape index (κ2) is 8.25. The van der Waals surface area contributed by atoms with E-state index in [1.165, 1.54) is 7.11 Å². The zero-order valence-electron chi connectivity index (χ0n) is 22.9. The summed E-state index contributed by atoms with van der Waals surface area (Å²) in [4.78, 5) is 26.9. The van der Waals surface area contributed by atoms with Crippen molar-refractivity contribution < 1.29 is 29.3 Å². The van der Waals surface area contributed by atoms with Crippen LogP contribution in [-0.2, 0) is 38.9 Å². The van der Waals surface area contributed by atoms with Crippen molar-refractivity contribution in [3.63, 3.8) is 0 Å². The molecule has 10 heteroatoms. The minimum Gasteiger partial charge on any atom is -0.467 e. The number of aromatic nitrogens is 2. The lowest BCUT2D eigenvalue weighted by Gasteiger charge is -2.37. The van der Waals surface area contributed by atoms with E-state index in [9.17, 15) is 19.8 Å². The molecule has 0 spiro atoms. The first-order valence-corrected chi connectivity index (χ1v) is 15.0. The fourth-order valence-electron chi connectivity index (χ4n) is 7.50. The Bertz CT molecular complexity index is 2010. The average Bonchev–Trinajstić information content (AvgIpc) is 3.67. The largest absolute Gasteiger partial charge is 0.467 e. The van der Waals surface area contributed by atoms with Crippen LogP contribution in [-0.4, -0.2) is 49.7 Å². The number of nitrogens with zero attached hydrogens (tertiary/aromatic N) is 2. The average molecular weight is 572 g/mol. The minimum absolute atomic E-state index is 0.0358. The van der Waals surface area contributed by atoms with E-state index in [0.717, 1.165) is 71.8 Å². The highest BCUT2D eigenvalue weighted by Crippen LogP contribution is 2.58. The number of hydrogen-bond acceptors (Lipinski definition) is 7. The number of rotatable bonds is 5. The van der Waals surface area contributed by atoms with E-state index in [0.29, 0.717) is 12.1 Å². The molecule has 5 heterocycles. The topological polar surface area (TPSA) is 115 Å². The fraction of sp³-hybridized carbons (Fsp3) is 0.355. The molecule has 41 heavy (non-hydrogen) atoms. The molecule has 8 rings (SSSR count). The van der Waals surface area contributed by atoms with Crippen LogP contribution >= 0.6 is 11.8 Å². The van der Waals surface area contributed by atoms with E-state index in [-0.39, 0.29) is 18.9 Å². The van der Waals surface area contributed by atoms with Gasteiger partial charge in [-0.05, 0) is 53.6 Å². The maximum atomic E-state index is 13.5. The molecule has 3 aliphatic heterocycles. The van der Waals surface area contributed by atoms with E-state index < -0.39 is 23.5 Å². The van der Waals surface area contributed by atoms with Gasteiger partial charge < -0.3 is 34.1 Å². The highest BCUT2D eigenvalue weighted by atomic mass is 32.2. The zero-order chi connectivity index (χ0) is 28.4. The van der Waals surface area contributed by atoms with Crippen LogP contribution in [0.15, 0.2) is 36.4 Å². The lowest BCUT2D eigenvalue weighted by Crippen LogP contribution is -2.56. The SMILES string of the molecule is CCSCc1ccc2c(c1)c1c3c(c4c5cc(CO)ccc5n5c4c1n2C1(C)OC5CC1(O)C(=O)OC)C(=O)NC3. The second-order valence-corrected chi connectivity index (χ2v) is 12.6. The Balaban J connectivity index is 1.65. The molecule has 1 fully saturated rings. The van der Waals surface area contributed by atoms with Crippen LogP contribution < -0.4 is 5.32 Å². The molecule has 5 aromatic rings. The van der Waals surface area contributed by atoms with E-state index in [4.69, 9.17) is 9.47 Å². The molecule has 1 amide bonds. The number of methoxy groups -OCH3 is 1. The molecule has 0 aliphatic carbocycles. The van der Waals surface area contributed by atoms with Crippen LogP contribution in [0, 0.1) is 0 Å². The van der Waals surface area contributed by atoms with Crippen molar-refractivity contribution in [1.82, 2.24) is 14.5 Å². The minimum atomic E-state index is -1.99. The molecule has 0 saturated carbocycles. The summed E-state index contributed by atoms with van der Waals surface area (Å²) in [6.45, 7) is 4.11. The Hall–Kier alpha value is -3.57. The van der Waals surface area contributed by atoms with Gasteiger partial charge in [0.2, 0.25) is 5.60 Å². The van der Waals surface area contributed by atoms with Gasteiger partial charge in [-0.3, -0.25) is 4.79 Å². The summed E-state index contributed by atoms with van der Waals surface area (Å²) in [6, 6.07) is 12.0. The van der Waals surface area contributed by atoms with Gasteiger partial charge >= 0.3 is 5.97 Å². The number of fused-ring (bicyclic) bond motifs is 13. The number of amides is 1. The summed E-state index contributed by atoms with van der Waals surface area (Å²) in [5.74, 6) is 0.933. The monoisotopic (exact) mass is 571 g/mol. The third-order valence-corrected chi connectivity index (χ3v) is 10.3. The predicted molar refractivity (Wildman–Crippen MR) is 157 cm³/mol. The molecule has 9 nitrogen and oxygen atoms in total. The number of ether oxygens (including phenoxy) is 2. The lowest BCUT2D eigenvalue weighted by molar-refractivity contribution is -0.202. The summed E-state index contributed by atoms with van der Waals surface area (Å²) in [5, 5.41) is 28.7. The van der Waals surface area contributed by atoms with Gasteiger partial charge in [0, 0.05) is 40.3 Å². The Kier molecular flexibility index (Phi) is 5.07. The Labute approximate surface area is 239 Å². The van der Waals surface area contributed by atoms with Crippen LogP contribution in [0.1, 0.15) is 53.5 Å². The van der Waals surface area contributed by atoms with Crippen molar-refractivity contribution >= 4 is 67.3 Å². The zero-order valence-corrected chi connectivity index (χ0v) is 23.7. The van der Waals surface area contributed by atoms with Crippen LogP contribution in [0.4, 0.5) is 0 Å². The number of aliphatic hydroxyl groups excluding tert-OH is 1. The molecule has 3 aromatic carbocycles. The molecular formula is C31H29N3O6S. The molecule has 3 aliphatic rings. The number of nitrogens with one attached hydrogen (secondary N) is 1. The Morgan fingerprint density at radius 1 is 1.15 bits per heavy atom. The molecule has 2 bridgehead atoms. The highest BCUT2D eigenvalue weighted by molar-refractivity contribution is 7.98. The quantitative estimate of drug-likeness (QED) is 0.268. The van der Waals surface area contributed by atoms with Gasteiger partial charge in [-0.1, -0.05) is 19.1 Å². The number of carbonyl (C=O) groups excluding carboxylic acids is 2. The second-order valence-electron chi connectivity index (χ2n) is 11.3. The normalized spacial score (nSPS) is 24.6. The maximum Gasteiger partial charge on any atom is 0.343 e. The first kappa shape index (κ1) is 25.2. The Morgan fingerprint density at radius 3 is 2.63 bits per heavy atom. The summed E-state index contributed by atoms with van der Waals surface area (Å²) in [6.07, 6.45) is -0.753. The third kappa shape index (κ3) is 2.88.